The Morgan fingerprint density at radius 2 is 2.00 bits per heavy atom. The van der Waals surface area contributed by atoms with E-state index in [1.165, 1.54) is 10.4 Å². The predicted octanol–water partition coefficient (Wildman–Crippen LogP) is 4.56. The van der Waals surface area contributed by atoms with E-state index in [-0.39, 0.29) is 30.5 Å². The van der Waals surface area contributed by atoms with Crippen molar-refractivity contribution in [3.63, 3.8) is 0 Å². The van der Waals surface area contributed by atoms with E-state index in [0.717, 1.165) is 19.3 Å². The van der Waals surface area contributed by atoms with Gasteiger partial charge < -0.3 is 0 Å². The van der Waals surface area contributed by atoms with Gasteiger partial charge in [0.2, 0.25) is 5.92 Å². The second kappa shape index (κ2) is 4.97. The van der Waals surface area contributed by atoms with E-state index in [0.29, 0.717) is 12.8 Å². The summed E-state index contributed by atoms with van der Waals surface area (Å²) in [5, 5.41) is 2.05. The summed E-state index contributed by atoms with van der Waals surface area (Å²) in [6, 6.07) is 2.05. The van der Waals surface area contributed by atoms with Crippen molar-refractivity contribution in [3.05, 3.63) is 21.9 Å². The standard InChI is InChI=1S/C15H18F2OS/c16-15(17)7-4-10(5-8-15)14(18)12-2-1-3-13-11(12)6-9-19-13/h6,9-10,12H,1-5,7-8H2. The molecule has 0 aliphatic heterocycles. The van der Waals surface area contributed by atoms with E-state index < -0.39 is 5.92 Å². The molecule has 1 nitrogen and oxygen atoms in total. The molecule has 0 saturated heterocycles. The summed E-state index contributed by atoms with van der Waals surface area (Å²) < 4.78 is 26.3. The van der Waals surface area contributed by atoms with Crippen LogP contribution in [0.1, 0.15) is 54.9 Å². The quantitative estimate of drug-likeness (QED) is 0.778. The summed E-state index contributed by atoms with van der Waals surface area (Å²) in [4.78, 5) is 13.9. The smallest absolute Gasteiger partial charge is 0.248 e. The Morgan fingerprint density at radius 1 is 1.26 bits per heavy atom. The van der Waals surface area contributed by atoms with E-state index in [1.54, 1.807) is 11.3 Å². The van der Waals surface area contributed by atoms with Crippen LogP contribution in [0.3, 0.4) is 0 Å². The molecule has 0 N–H and O–H groups in total. The van der Waals surface area contributed by atoms with Crippen molar-refractivity contribution >= 4 is 17.1 Å². The lowest BCUT2D eigenvalue weighted by Gasteiger charge is -2.31. The summed E-state index contributed by atoms with van der Waals surface area (Å²) in [6.45, 7) is 0. The number of carbonyl (C=O) groups is 1. The molecule has 0 radical (unpaired) electrons. The maximum Gasteiger partial charge on any atom is 0.248 e. The summed E-state index contributed by atoms with van der Waals surface area (Å²) in [5.74, 6) is -2.49. The van der Waals surface area contributed by atoms with Gasteiger partial charge in [0.1, 0.15) is 5.78 Å². The Kier molecular flexibility index (Phi) is 3.46. The third-order valence-electron chi connectivity index (χ3n) is 4.51. The molecule has 104 valence electrons. The van der Waals surface area contributed by atoms with E-state index in [1.807, 2.05) is 5.38 Å². The SMILES string of the molecule is O=C(C1CCC(F)(F)CC1)C1CCCc2sccc21. The van der Waals surface area contributed by atoms with Gasteiger partial charge in [-0.1, -0.05) is 0 Å². The van der Waals surface area contributed by atoms with Crippen LogP contribution in [0.2, 0.25) is 0 Å². The van der Waals surface area contributed by atoms with Crippen LogP contribution < -0.4 is 0 Å². The van der Waals surface area contributed by atoms with Crippen LogP contribution in [-0.4, -0.2) is 11.7 Å². The summed E-state index contributed by atoms with van der Waals surface area (Å²) in [5.41, 5.74) is 1.18. The molecule has 2 aliphatic carbocycles. The molecule has 3 rings (SSSR count). The van der Waals surface area contributed by atoms with Gasteiger partial charge in [-0.05, 0) is 49.1 Å². The number of thiophene rings is 1. The third-order valence-corrected chi connectivity index (χ3v) is 5.51. The Hall–Kier alpha value is -0.770. The molecule has 0 aromatic carbocycles. The zero-order valence-corrected chi connectivity index (χ0v) is 11.6. The van der Waals surface area contributed by atoms with Gasteiger partial charge in [0.15, 0.2) is 0 Å². The van der Waals surface area contributed by atoms with Gasteiger partial charge in [-0.2, -0.15) is 0 Å². The predicted molar refractivity (Wildman–Crippen MR) is 71.9 cm³/mol. The number of aryl methyl sites for hydroxylation is 1. The molecule has 1 unspecified atom stereocenters. The monoisotopic (exact) mass is 284 g/mol. The number of fused-ring (bicyclic) bond motifs is 1. The molecular formula is C15H18F2OS. The lowest BCUT2D eigenvalue weighted by atomic mass is 9.75. The summed E-state index contributed by atoms with van der Waals surface area (Å²) in [6.07, 6.45) is 3.50. The fourth-order valence-electron chi connectivity index (χ4n) is 3.39. The fourth-order valence-corrected chi connectivity index (χ4v) is 4.38. The molecule has 1 aromatic heterocycles. The molecule has 0 amide bonds. The van der Waals surface area contributed by atoms with Gasteiger partial charge in [-0.25, -0.2) is 8.78 Å². The highest BCUT2D eigenvalue weighted by Crippen LogP contribution is 2.42. The topological polar surface area (TPSA) is 17.1 Å². The van der Waals surface area contributed by atoms with Crippen LogP contribution in [0.5, 0.6) is 0 Å². The molecule has 4 heteroatoms. The van der Waals surface area contributed by atoms with Crippen LogP contribution >= 0.6 is 11.3 Å². The van der Waals surface area contributed by atoms with Crippen molar-refractivity contribution in [2.24, 2.45) is 5.92 Å². The molecule has 2 aliphatic rings. The molecule has 19 heavy (non-hydrogen) atoms. The fraction of sp³-hybridized carbons (Fsp3) is 0.667. The maximum atomic E-state index is 13.2. The van der Waals surface area contributed by atoms with Crippen LogP contribution in [0, 0.1) is 5.92 Å². The van der Waals surface area contributed by atoms with E-state index in [9.17, 15) is 13.6 Å². The molecule has 0 spiro atoms. The number of hydrogen-bond acceptors (Lipinski definition) is 2. The second-order valence-electron chi connectivity index (χ2n) is 5.78. The second-order valence-corrected chi connectivity index (χ2v) is 6.78. The van der Waals surface area contributed by atoms with Crippen molar-refractivity contribution in [2.45, 2.75) is 56.8 Å². The van der Waals surface area contributed by atoms with Crippen LogP contribution in [0.4, 0.5) is 8.78 Å². The molecule has 1 heterocycles. The van der Waals surface area contributed by atoms with Crippen molar-refractivity contribution in [1.82, 2.24) is 0 Å². The zero-order valence-electron chi connectivity index (χ0n) is 10.8. The van der Waals surface area contributed by atoms with Crippen LogP contribution in [0.25, 0.3) is 0 Å². The highest BCUT2D eigenvalue weighted by Gasteiger charge is 2.40. The lowest BCUT2D eigenvalue weighted by Crippen LogP contribution is -2.32. The van der Waals surface area contributed by atoms with Gasteiger partial charge in [-0.3, -0.25) is 4.79 Å². The maximum absolute atomic E-state index is 13.2. The number of Topliss-reactive ketones (excluding diaryl/α,β-unsaturated/α-hetero) is 1. The molecular weight excluding hydrogens is 266 g/mol. The highest BCUT2D eigenvalue weighted by atomic mass is 32.1. The molecule has 1 aromatic rings. The van der Waals surface area contributed by atoms with Gasteiger partial charge in [-0.15, -0.1) is 11.3 Å². The minimum Gasteiger partial charge on any atom is -0.299 e. The Balaban J connectivity index is 1.73. The molecule has 1 fully saturated rings. The molecule has 1 saturated carbocycles. The molecule has 1 atom stereocenters. The van der Waals surface area contributed by atoms with Gasteiger partial charge in [0, 0.05) is 29.6 Å². The number of alkyl halides is 2. The zero-order chi connectivity index (χ0) is 13.5. The Labute approximate surface area is 116 Å². The van der Waals surface area contributed by atoms with Crippen molar-refractivity contribution < 1.29 is 13.6 Å². The molecule has 0 bridgehead atoms. The summed E-state index contributed by atoms with van der Waals surface area (Å²) in [7, 11) is 0. The summed E-state index contributed by atoms with van der Waals surface area (Å²) >= 11 is 1.72. The number of carbonyl (C=O) groups excluding carboxylic acids is 1. The third kappa shape index (κ3) is 2.60. The average molecular weight is 284 g/mol. The van der Waals surface area contributed by atoms with E-state index in [4.69, 9.17) is 0 Å². The van der Waals surface area contributed by atoms with Crippen molar-refractivity contribution in [1.29, 1.82) is 0 Å². The Bertz CT molecular complexity index is 470. The van der Waals surface area contributed by atoms with Crippen molar-refractivity contribution in [2.75, 3.05) is 0 Å². The average Bonchev–Trinajstić information content (AvgIpc) is 2.86. The van der Waals surface area contributed by atoms with E-state index in [2.05, 4.69) is 6.07 Å². The van der Waals surface area contributed by atoms with Gasteiger partial charge in [0.05, 0.1) is 0 Å². The number of rotatable bonds is 2. The first-order chi connectivity index (χ1) is 9.07. The Morgan fingerprint density at radius 3 is 2.74 bits per heavy atom. The van der Waals surface area contributed by atoms with Crippen LogP contribution in [0.15, 0.2) is 11.4 Å². The highest BCUT2D eigenvalue weighted by molar-refractivity contribution is 7.10. The van der Waals surface area contributed by atoms with Crippen molar-refractivity contribution in [3.8, 4) is 0 Å². The normalized spacial score (nSPS) is 26.9. The number of hydrogen-bond donors (Lipinski definition) is 0. The first-order valence-electron chi connectivity index (χ1n) is 7.05. The number of halogens is 2. The van der Waals surface area contributed by atoms with E-state index >= 15 is 0 Å². The van der Waals surface area contributed by atoms with Crippen LogP contribution in [-0.2, 0) is 11.2 Å². The lowest BCUT2D eigenvalue weighted by molar-refractivity contribution is -0.128. The first-order valence-corrected chi connectivity index (χ1v) is 7.93. The largest absolute Gasteiger partial charge is 0.299 e. The van der Waals surface area contributed by atoms with Gasteiger partial charge >= 0.3 is 0 Å². The minimum atomic E-state index is -2.54. The number of ketones is 1. The van der Waals surface area contributed by atoms with Gasteiger partial charge in [0.25, 0.3) is 0 Å². The minimum absolute atomic E-state index is 0.0216. The first kappa shape index (κ1) is 13.2.